The Kier molecular flexibility index (Phi) is 7.44. The maximum atomic E-state index is 15.7. The van der Waals surface area contributed by atoms with Gasteiger partial charge in [-0.2, -0.15) is 0 Å². The molecule has 37 heavy (non-hydrogen) atoms. The van der Waals surface area contributed by atoms with E-state index in [9.17, 15) is 5.11 Å². The summed E-state index contributed by atoms with van der Waals surface area (Å²) >= 11 is 0. The lowest BCUT2D eigenvalue weighted by atomic mass is 9.47. The molecule has 206 valence electrons. The number of aliphatic hydroxyl groups is 1. The van der Waals surface area contributed by atoms with Crippen LogP contribution in [0.1, 0.15) is 116 Å². The summed E-state index contributed by atoms with van der Waals surface area (Å²) in [5, 5.41) is 10.4. The lowest BCUT2D eigenvalue weighted by Crippen LogP contribution is -2.50. The van der Waals surface area contributed by atoms with E-state index >= 15 is 8.78 Å². The maximum absolute atomic E-state index is 15.7. The van der Waals surface area contributed by atoms with Crippen molar-refractivity contribution in [1.29, 1.82) is 0 Å². The van der Waals surface area contributed by atoms with Crippen molar-refractivity contribution in [1.82, 2.24) is 0 Å². The molecule has 0 heterocycles. The van der Waals surface area contributed by atoms with E-state index in [0.29, 0.717) is 46.6 Å². The minimum Gasteiger partial charge on any atom is -0.393 e. The normalized spacial score (nSPS) is 40.1. The Labute approximate surface area is 224 Å². The summed E-state index contributed by atoms with van der Waals surface area (Å²) < 4.78 is 31.1. The number of allylic oxidation sites excluding steroid dienone is 1. The van der Waals surface area contributed by atoms with Crippen LogP contribution < -0.4 is 0 Å². The van der Waals surface area contributed by atoms with E-state index in [2.05, 4.69) is 40.7 Å². The van der Waals surface area contributed by atoms with Crippen LogP contribution in [0.3, 0.4) is 0 Å². The van der Waals surface area contributed by atoms with Crippen molar-refractivity contribution in [3.8, 4) is 0 Å². The van der Waals surface area contributed by atoms with Gasteiger partial charge in [0.2, 0.25) is 0 Å². The van der Waals surface area contributed by atoms with Crippen molar-refractivity contribution in [2.45, 2.75) is 118 Å². The monoisotopic (exact) mass is 512 g/mol. The zero-order chi connectivity index (χ0) is 26.7. The van der Waals surface area contributed by atoms with Crippen LogP contribution in [0.25, 0.3) is 0 Å². The number of hydrogen-bond donors (Lipinski definition) is 1. The topological polar surface area (TPSA) is 20.2 Å². The highest BCUT2D eigenvalue weighted by Crippen LogP contribution is 2.70. The van der Waals surface area contributed by atoms with E-state index in [0.717, 1.165) is 44.9 Å². The lowest BCUT2D eigenvalue weighted by molar-refractivity contribution is -0.0579. The third-order valence-corrected chi connectivity index (χ3v) is 12.0. The fourth-order valence-corrected chi connectivity index (χ4v) is 10.1. The minimum atomic E-state index is -0.342. The Balaban J connectivity index is 1.53. The van der Waals surface area contributed by atoms with Crippen LogP contribution in [0.4, 0.5) is 8.78 Å². The Hall–Kier alpha value is -1.22. The van der Waals surface area contributed by atoms with E-state index in [1.807, 2.05) is 0 Å². The first-order valence-electron chi connectivity index (χ1n) is 15.3. The van der Waals surface area contributed by atoms with Crippen LogP contribution in [0.5, 0.6) is 0 Å². The Morgan fingerprint density at radius 2 is 1.78 bits per heavy atom. The molecule has 0 bridgehead atoms. The molecule has 0 amide bonds. The molecule has 3 fully saturated rings. The molecule has 5 rings (SSSR count). The molecule has 1 N–H and O–H groups in total. The van der Waals surface area contributed by atoms with Gasteiger partial charge < -0.3 is 5.11 Å². The molecule has 3 heteroatoms. The number of aliphatic hydroxyl groups excluding tert-OH is 1. The van der Waals surface area contributed by atoms with Gasteiger partial charge in [0.05, 0.1) is 6.10 Å². The van der Waals surface area contributed by atoms with Gasteiger partial charge in [0.25, 0.3) is 0 Å². The molecule has 4 aliphatic carbocycles. The summed E-state index contributed by atoms with van der Waals surface area (Å²) in [7, 11) is 0. The predicted molar refractivity (Wildman–Crippen MR) is 148 cm³/mol. The van der Waals surface area contributed by atoms with Crippen LogP contribution in [0.15, 0.2) is 23.8 Å². The highest BCUT2D eigenvalue weighted by molar-refractivity contribution is 5.34. The Bertz CT molecular complexity index is 1030. The molecule has 1 unspecified atom stereocenters. The van der Waals surface area contributed by atoms with Gasteiger partial charge >= 0.3 is 0 Å². The highest BCUT2D eigenvalue weighted by Gasteiger charge is 2.62. The molecule has 1 aromatic rings. The maximum Gasteiger partial charge on any atom is 0.132 e. The van der Waals surface area contributed by atoms with Crippen LogP contribution in [-0.4, -0.2) is 11.2 Å². The van der Waals surface area contributed by atoms with Crippen LogP contribution in [0.2, 0.25) is 0 Å². The first kappa shape index (κ1) is 27.4. The molecular formula is C34H50F2O. The second-order valence-electron chi connectivity index (χ2n) is 14.5. The molecule has 4 aliphatic rings. The molecule has 3 saturated carbocycles. The first-order valence-corrected chi connectivity index (χ1v) is 15.3. The fraction of sp³-hybridized carbons (Fsp3) is 0.765. The van der Waals surface area contributed by atoms with E-state index in [1.165, 1.54) is 30.9 Å². The third-order valence-electron chi connectivity index (χ3n) is 12.0. The summed E-state index contributed by atoms with van der Waals surface area (Å²) in [4.78, 5) is 0. The number of halogens is 2. The first-order chi connectivity index (χ1) is 17.5. The predicted octanol–water partition coefficient (Wildman–Crippen LogP) is 9.37. The summed E-state index contributed by atoms with van der Waals surface area (Å²) in [6, 6.07) is 3.10. The quantitative estimate of drug-likeness (QED) is 0.376. The fourth-order valence-electron chi connectivity index (χ4n) is 10.1. The minimum absolute atomic E-state index is 0.0472. The molecule has 0 saturated heterocycles. The molecule has 0 spiro atoms. The SMILES string of the molecule is Cc1ccc(F)c(C2C[C@H]3[C@@H]4CC=C5C[C@@H](O)CC[C@]5(C)[C@H]4CC[C@]3(C)[C@H]2[C@H](C)CCCC(C)C)c1F. The molecule has 9 atom stereocenters. The zero-order valence-electron chi connectivity index (χ0n) is 24.1. The molecule has 0 aliphatic heterocycles. The zero-order valence-corrected chi connectivity index (χ0v) is 24.1. The van der Waals surface area contributed by atoms with Gasteiger partial charge in [-0.25, -0.2) is 8.78 Å². The Morgan fingerprint density at radius 3 is 2.51 bits per heavy atom. The molecule has 0 radical (unpaired) electrons. The van der Waals surface area contributed by atoms with Crippen molar-refractivity contribution in [2.75, 3.05) is 0 Å². The molecule has 1 aromatic carbocycles. The van der Waals surface area contributed by atoms with E-state index < -0.39 is 0 Å². The number of fused-ring (bicyclic) bond motifs is 5. The number of hydrogen-bond acceptors (Lipinski definition) is 1. The van der Waals surface area contributed by atoms with Gasteiger partial charge in [-0.05, 0) is 116 Å². The van der Waals surface area contributed by atoms with Crippen LogP contribution in [-0.2, 0) is 0 Å². The van der Waals surface area contributed by atoms with Crippen molar-refractivity contribution >= 4 is 0 Å². The van der Waals surface area contributed by atoms with Gasteiger partial charge in [-0.15, -0.1) is 0 Å². The van der Waals surface area contributed by atoms with Gasteiger partial charge in [-0.3, -0.25) is 0 Å². The summed E-state index contributed by atoms with van der Waals surface area (Å²) in [6.07, 6.45) is 13.0. The van der Waals surface area contributed by atoms with Crippen molar-refractivity contribution in [3.05, 3.63) is 46.5 Å². The number of benzene rings is 1. The summed E-state index contributed by atoms with van der Waals surface area (Å²) in [5.74, 6) is 2.45. The summed E-state index contributed by atoms with van der Waals surface area (Å²) in [6.45, 7) is 13.7. The Morgan fingerprint density at radius 1 is 1.03 bits per heavy atom. The van der Waals surface area contributed by atoms with Gasteiger partial charge in [-0.1, -0.05) is 71.6 Å². The van der Waals surface area contributed by atoms with E-state index in [4.69, 9.17) is 0 Å². The van der Waals surface area contributed by atoms with Gasteiger partial charge in [0.1, 0.15) is 11.6 Å². The average molecular weight is 513 g/mol. The lowest BCUT2D eigenvalue weighted by Gasteiger charge is -2.58. The van der Waals surface area contributed by atoms with Gasteiger partial charge in [0.15, 0.2) is 0 Å². The molecular weight excluding hydrogens is 462 g/mol. The third kappa shape index (κ3) is 4.53. The van der Waals surface area contributed by atoms with E-state index in [1.54, 1.807) is 13.0 Å². The largest absolute Gasteiger partial charge is 0.393 e. The van der Waals surface area contributed by atoms with Crippen LogP contribution >= 0.6 is 0 Å². The second kappa shape index (κ2) is 10.1. The standard InChI is InChI=1S/C34H50F2O/c1-20(2)8-7-9-21(3)31-26(30-29(35)13-10-22(4)32(30)36)19-28-25-12-11-23-18-24(37)14-16-33(23,5)27(25)15-17-34(28,31)6/h10-11,13,20-21,24-28,31,37H,7-9,12,14-19H2,1-6H3/t21-,24+,25-,26?,27+,28+,31+,33+,34+/m1/s1. The van der Waals surface area contributed by atoms with Gasteiger partial charge in [0, 0.05) is 5.56 Å². The summed E-state index contributed by atoms with van der Waals surface area (Å²) in [5.41, 5.74) is 2.73. The van der Waals surface area contributed by atoms with E-state index in [-0.39, 0.29) is 34.5 Å². The highest BCUT2D eigenvalue weighted by atomic mass is 19.1. The smallest absolute Gasteiger partial charge is 0.132 e. The number of aryl methyl sites for hydroxylation is 1. The average Bonchev–Trinajstić information content (AvgIpc) is 3.14. The van der Waals surface area contributed by atoms with Crippen molar-refractivity contribution in [3.63, 3.8) is 0 Å². The second-order valence-corrected chi connectivity index (χ2v) is 14.5. The molecule has 1 nitrogen and oxygen atoms in total. The van der Waals surface area contributed by atoms with Crippen molar-refractivity contribution in [2.24, 2.45) is 46.3 Å². The van der Waals surface area contributed by atoms with Crippen LogP contribution in [0, 0.1) is 64.9 Å². The van der Waals surface area contributed by atoms with Crippen molar-refractivity contribution < 1.29 is 13.9 Å². The number of rotatable bonds is 6. The molecule has 0 aromatic heterocycles.